The van der Waals surface area contributed by atoms with Crippen LogP contribution in [0.25, 0.3) is 0 Å². The van der Waals surface area contributed by atoms with Gasteiger partial charge in [0, 0.05) is 36.6 Å². The number of hydrogen-bond donors (Lipinski definition) is 1. The molecular weight excluding hydrogens is 256 g/mol. The lowest BCUT2D eigenvalue weighted by Crippen LogP contribution is -2.50. The largest absolute Gasteiger partial charge is 0.374 e. The van der Waals surface area contributed by atoms with Gasteiger partial charge in [-0.15, -0.1) is 11.3 Å². The van der Waals surface area contributed by atoms with Crippen molar-refractivity contribution >= 4 is 11.3 Å². The Morgan fingerprint density at radius 1 is 1.47 bits per heavy atom. The molecule has 108 valence electrons. The van der Waals surface area contributed by atoms with Crippen LogP contribution in [0.15, 0.2) is 17.5 Å². The van der Waals surface area contributed by atoms with E-state index in [0.717, 1.165) is 32.7 Å². The Hall–Kier alpha value is -0.420. The van der Waals surface area contributed by atoms with Crippen LogP contribution in [0.1, 0.15) is 25.6 Å². The van der Waals surface area contributed by atoms with Gasteiger partial charge in [-0.3, -0.25) is 4.90 Å². The molecule has 0 aliphatic carbocycles. The van der Waals surface area contributed by atoms with E-state index in [0.29, 0.717) is 18.2 Å². The van der Waals surface area contributed by atoms with E-state index in [1.165, 1.54) is 4.88 Å². The minimum Gasteiger partial charge on any atom is -0.374 e. The Balaban J connectivity index is 1.69. The molecule has 0 aromatic carbocycles. The summed E-state index contributed by atoms with van der Waals surface area (Å²) < 4.78 is 5.84. The van der Waals surface area contributed by atoms with Crippen molar-refractivity contribution in [2.75, 3.05) is 26.2 Å². The van der Waals surface area contributed by atoms with Crippen molar-refractivity contribution in [3.63, 3.8) is 0 Å². The van der Waals surface area contributed by atoms with Gasteiger partial charge < -0.3 is 10.1 Å². The number of ether oxygens (including phenoxy) is 1. The topological polar surface area (TPSA) is 24.5 Å². The van der Waals surface area contributed by atoms with Crippen molar-refractivity contribution in [3.8, 4) is 0 Å². The van der Waals surface area contributed by atoms with E-state index in [4.69, 9.17) is 4.74 Å². The molecule has 19 heavy (non-hydrogen) atoms. The van der Waals surface area contributed by atoms with Gasteiger partial charge in [0.05, 0.1) is 12.7 Å². The van der Waals surface area contributed by atoms with Crippen molar-refractivity contribution in [2.45, 2.75) is 45.4 Å². The van der Waals surface area contributed by atoms with Gasteiger partial charge in [-0.25, -0.2) is 0 Å². The third kappa shape index (κ3) is 4.88. The van der Waals surface area contributed by atoms with Crippen LogP contribution >= 0.6 is 11.3 Å². The van der Waals surface area contributed by atoms with Gasteiger partial charge in [-0.05, 0) is 38.6 Å². The Labute approximate surface area is 121 Å². The maximum Gasteiger partial charge on any atom is 0.0826 e. The molecular formula is C15H26N2OS. The first kappa shape index (κ1) is 15.0. The van der Waals surface area contributed by atoms with Crippen LogP contribution in [-0.2, 0) is 11.2 Å². The van der Waals surface area contributed by atoms with Crippen LogP contribution in [0.5, 0.6) is 0 Å². The van der Waals surface area contributed by atoms with E-state index in [9.17, 15) is 0 Å². The Morgan fingerprint density at radius 3 is 3.00 bits per heavy atom. The van der Waals surface area contributed by atoms with Crippen LogP contribution in [0.4, 0.5) is 0 Å². The Bertz CT molecular complexity index is 353. The summed E-state index contributed by atoms with van der Waals surface area (Å²) in [6.45, 7) is 10.7. The van der Waals surface area contributed by atoms with Crippen LogP contribution in [0.3, 0.4) is 0 Å². The molecule has 0 bridgehead atoms. The van der Waals surface area contributed by atoms with E-state index in [-0.39, 0.29) is 0 Å². The summed E-state index contributed by atoms with van der Waals surface area (Å²) >= 11 is 1.84. The summed E-state index contributed by atoms with van der Waals surface area (Å²) in [6, 6.07) is 5.46. The molecule has 0 spiro atoms. The summed E-state index contributed by atoms with van der Waals surface area (Å²) in [7, 11) is 0. The van der Waals surface area contributed by atoms with Crippen molar-refractivity contribution < 1.29 is 4.74 Å². The zero-order valence-corrected chi connectivity index (χ0v) is 13.1. The third-order valence-electron chi connectivity index (χ3n) is 3.68. The smallest absolute Gasteiger partial charge is 0.0826 e. The van der Waals surface area contributed by atoms with Gasteiger partial charge in [-0.2, -0.15) is 0 Å². The maximum atomic E-state index is 5.84. The highest BCUT2D eigenvalue weighted by molar-refractivity contribution is 7.09. The fourth-order valence-electron chi connectivity index (χ4n) is 2.47. The summed E-state index contributed by atoms with van der Waals surface area (Å²) in [5.74, 6) is 0. The number of rotatable bonds is 6. The molecule has 3 nitrogen and oxygen atoms in total. The second-order valence-electron chi connectivity index (χ2n) is 5.67. The van der Waals surface area contributed by atoms with E-state index >= 15 is 0 Å². The Morgan fingerprint density at radius 2 is 2.32 bits per heavy atom. The highest BCUT2D eigenvalue weighted by atomic mass is 32.1. The lowest BCUT2D eigenvalue weighted by Gasteiger charge is -2.36. The van der Waals surface area contributed by atoms with E-state index in [1.54, 1.807) is 0 Å². The van der Waals surface area contributed by atoms with E-state index in [1.807, 2.05) is 11.3 Å². The molecule has 4 heteroatoms. The molecule has 1 N–H and O–H groups in total. The monoisotopic (exact) mass is 282 g/mol. The summed E-state index contributed by atoms with van der Waals surface area (Å²) in [6.07, 6.45) is 1.44. The molecule has 1 aromatic heterocycles. The van der Waals surface area contributed by atoms with Gasteiger partial charge in [0.25, 0.3) is 0 Å². The van der Waals surface area contributed by atoms with Crippen LogP contribution < -0.4 is 5.32 Å². The number of hydrogen-bond acceptors (Lipinski definition) is 4. The summed E-state index contributed by atoms with van der Waals surface area (Å²) in [5.41, 5.74) is 0. The maximum absolute atomic E-state index is 5.84. The number of nitrogens with one attached hydrogen (secondary N) is 1. The van der Waals surface area contributed by atoms with Gasteiger partial charge in [-0.1, -0.05) is 6.07 Å². The molecule has 0 radical (unpaired) electrons. The summed E-state index contributed by atoms with van der Waals surface area (Å²) in [4.78, 5) is 3.95. The second-order valence-corrected chi connectivity index (χ2v) is 6.71. The van der Waals surface area contributed by atoms with Crippen LogP contribution in [0, 0.1) is 0 Å². The lowest BCUT2D eigenvalue weighted by atomic mass is 10.2. The quantitative estimate of drug-likeness (QED) is 0.867. The van der Waals surface area contributed by atoms with E-state index in [2.05, 4.69) is 48.5 Å². The molecule has 1 saturated heterocycles. The van der Waals surface area contributed by atoms with E-state index < -0.39 is 0 Å². The highest BCUT2D eigenvalue weighted by Crippen LogP contribution is 2.12. The minimum atomic E-state index is 0.335. The molecule has 0 amide bonds. The number of thiophene rings is 1. The predicted molar refractivity (Wildman–Crippen MR) is 81.9 cm³/mol. The molecule has 2 unspecified atom stereocenters. The molecule has 1 aliphatic rings. The first-order valence-corrected chi connectivity index (χ1v) is 8.14. The number of morpholine rings is 1. The lowest BCUT2D eigenvalue weighted by molar-refractivity contribution is -0.0379. The van der Waals surface area contributed by atoms with Crippen molar-refractivity contribution in [1.29, 1.82) is 0 Å². The van der Waals surface area contributed by atoms with Crippen LogP contribution in [-0.4, -0.2) is 49.3 Å². The Kier molecular flexibility index (Phi) is 5.82. The van der Waals surface area contributed by atoms with Gasteiger partial charge >= 0.3 is 0 Å². The normalized spacial score (nSPS) is 22.8. The van der Waals surface area contributed by atoms with Gasteiger partial charge in [0.2, 0.25) is 0 Å². The zero-order chi connectivity index (χ0) is 13.7. The van der Waals surface area contributed by atoms with Crippen LogP contribution in [0.2, 0.25) is 0 Å². The molecule has 2 atom stereocenters. The average Bonchev–Trinajstić information content (AvgIpc) is 2.89. The standard InChI is InChI=1S/C15H26N2OS/c1-12(2)17-6-7-18-14(11-17)10-16-13(3)9-15-5-4-8-19-15/h4-5,8,12-14,16H,6-7,9-11H2,1-3H3. The first-order valence-electron chi connectivity index (χ1n) is 7.26. The second kappa shape index (κ2) is 7.39. The van der Waals surface area contributed by atoms with Crippen molar-refractivity contribution in [2.24, 2.45) is 0 Å². The highest BCUT2D eigenvalue weighted by Gasteiger charge is 2.22. The van der Waals surface area contributed by atoms with Gasteiger partial charge in [0.1, 0.15) is 0 Å². The third-order valence-corrected chi connectivity index (χ3v) is 4.58. The SMILES string of the molecule is CC(Cc1cccs1)NCC1CN(C(C)C)CCO1. The average molecular weight is 282 g/mol. The number of nitrogens with zero attached hydrogens (tertiary/aromatic N) is 1. The molecule has 2 heterocycles. The first-order chi connectivity index (χ1) is 9.15. The molecule has 2 rings (SSSR count). The minimum absolute atomic E-state index is 0.335. The zero-order valence-electron chi connectivity index (χ0n) is 12.3. The summed E-state index contributed by atoms with van der Waals surface area (Å²) in [5, 5.41) is 5.75. The fraction of sp³-hybridized carbons (Fsp3) is 0.733. The molecule has 0 saturated carbocycles. The molecule has 1 aliphatic heterocycles. The van der Waals surface area contributed by atoms with Crippen molar-refractivity contribution in [3.05, 3.63) is 22.4 Å². The molecule has 1 fully saturated rings. The molecule has 1 aromatic rings. The predicted octanol–water partition coefficient (Wildman–Crippen LogP) is 2.38. The van der Waals surface area contributed by atoms with Gasteiger partial charge in [0.15, 0.2) is 0 Å². The van der Waals surface area contributed by atoms with Crippen molar-refractivity contribution in [1.82, 2.24) is 10.2 Å². The fourth-order valence-corrected chi connectivity index (χ4v) is 3.31.